The van der Waals surface area contributed by atoms with Gasteiger partial charge in [-0.15, -0.1) is 0 Å². The fourth-order valence-corrected chi connectivity index (χ4v) is 3.00. The highest BCUT2D eigenvalue weighted by atomic mass is 16.4. The second-order valence-electron chi connectivity index (χ2n) is 5.27. The second kappa shape index (κ2) is 4.07. The Labute approximate surface area is 95.6 Å². The maximum absolute atomic E-state index is 11.8. The lowest BCUT2D eigenvalue weighted by Gasteiger charge is -2.28. The lowest BCUT2D eigenvalue weighted by Crippen LogP contribution is -2.39. The van der Waals surface area contributed by atoms with Crippen LogP contribution in [0.2, 0.25) is 0 Å². The average molecular weight is 225 g/mol. The number of nitrogens with zero attached hydrogens (tertiary/aromatic N) is 1. The van der Waals surface area contributed by atoms with Crippen molar-refractivity contribution in [1.82, 2.24) is 4.90 Å². The highest BCUT2D eigenvalue weighted by molar-refractivity contribution is 5.86. The summed E-state index contributed by atoms with van der Waals surface area (Å²) in [6.45, 7) is 4.79. The molecule has 4 unspecified atom stereocenters. The topological polar surface area (TPSA) is 57.6 Å². The molecule has 2 rings (SSSR count). The molecule has 0 radical (unpaired) electrons. The highest BCUT2D eigenvalue weighted by Crippen LogP contribution is 2.37. The largest absolute Gasteiger partial charge is 0.481 e. The van der Waals surface area contributed by atoms with Gasteiger partial charge in [0.05, 0.1) is 5.92 Å². The second-order valence-corrected chi connectivity index (χ2v) is 5.27. The zero-order valence-corrected chi connectivity index (χ0v) is 9.85. The van der Waals surface area contributed by atoms with E-state index in [0.717, 1.165) is 12.8 Å². The third-order valence-corrected chi connectivity index (χ3v) is 4.33. The Morgan fingerprint density at radius 2 is 2.06 bits per heavy atom. The van der Waals surface area contributed by atoms with E-state index in [-0.39, 0.29) is 18.4 Å². The van der Waals surface area contributed by atoms with Crippen molar-refractivity contribution in [2.75, 3.05) is 6.54 Å². The van der Waals surface area contributed by atoms with Gasteiger partial charge in [-0.3, -0.25) is 9.59 Å². The zero-order valence-electron chi connectivity index (χ0n) is 9.85. The van der Waals surface area contributed by atoms with Gasteiger partial charge >= 0.3 is 5.97 Å². The van der Waals surface area contributed by atoms with E-state index in [1.54, 1.807) is 0 Å². The van der Waals surface area contributed by atoms with Crippen molar-refractivity contribution in [2.45, 2.75) is 39.2 Å². The van der Waals surface area contributed by atoms with E-state index in [2.05, 4.69) is 13.8 Å². The smallest absolute Gasteiger partial charge is 0.308 e. The van der Waals surface area contributed by atoms with E-state index >= 15 is 0 Å². The molecular weight excluding hydrogens is 206 g/mol. The van der Waals surface area contributed by atoms with Crippen molar-refractivity contribution in [3.63, 3.8) is 0 Å². The van der Waals surface area contributed by atoms with Gasteiger partial charge in [-0.2, -0.15) is 0 Å². The molecule has 1 saturated carbocycles. The van der Waals surface area contributed by atoms with Crippen LogP contribution in [0.1, 0.15) is 33.1 Å². The molecule has 1 aliphatic carbocycles. The molecular formula is C12H19NO3. The lowest BCUT2D eigenvalue weighted by atomic mass is 9.97. The van der Waals surface area contributed by atoms with Crippen LogP contribution in [0.15, 0.2) is 0 Å². The first-order valence-corrected chi connectivity index (χ1v) is 6.03. The Morgan fingerprint density at radius 1 is 1.38 bits per heavy atom. The van der Waals surface area contributed by atoms with Gasteiger partial charge in [0.2, 0.25) is 5.91 Å². The molecule has 2 aliphatic rings. The van der Waals surface area contributed by atoms with E-state index in [1.807, 2.05) is 4.90 Å². The first-order valence-electron chi connectivity index (χ1n) is 6.03. The summed E-state index contributed by atoms with van der Waals surface area (Å²) in [7, 11) is 0. The predicted molar refractivity (Wildman–Crippen MR) is 58.8 cm³/mol. The van der Waals surface area contributed by atoms with E-state index in [0.29, 0.717) is 18.4 Å². The molecule has 1 amide bonds. The molecule has 0 aromatic heterocycles. The quantitative estimate of drug-likeness (QED) is 0.771. The molecule has 16 heavy (non-hydrogen) atoms. The summed E-state index contributed by atoms with van der Waals surface area (Å²) < 4.78 is 0. The van der Waals surface area contributed by atoms with Gasteiger partial charge in [0.1, 0.15) is 0 Å². The zero-order chi connectivity index (χ0) is 11.9. The molecule has 4 heteroatoms. The minimum atomic E-state index is -0.838. The van der Waals surface area contributed by atoms with Crippen molar-refractivity contribution in [3.8, 4) is 0 Å². The molecule has 0 aromatic rings. The summed E-state index contributed by atoms with van der Waals surface area (Å²) >= 11 is 0. The Bertz CT molecular complexity index is 315. The number of rotatable bonds is 2. The van der Waals surface area contributed by atoms with Gasteiger partial charge in [-0.25, -0.2) is 0 Å². The van der Waals surface area contributed by atoms with Crippen molar-refractivity contribution in [2.24, 2.45) is 17.8 Å². The fraction of sp³-hybridized carbons (Fsp3) is 0.833. The Kier molecular flexibility index (Phi) is 2.91. The molecule has 0 bridgehead atoms. The number of hydrogen-bond acceptors (Lipinski definition) is 2. The molecule has 0 spiro atoms. The molecule has 2 fully saturated rings. The number of amides is 1. The van der Waals surface area contributed by atoms with Crippen LogP contribution >= 0.6 is 0 Å². The minimum absolute atomic E-state index is 0.0263. The number of hydrogen-bond donors (Lipinski definition) is 1. The molecule has 1 heterocycles. The van der Waals surface area contributed by atoms with Crippen LogP contribution in [-0.2, 0) is 9.59 Å². The van der Waals surface area contributed by atoms with Gasteiger partial charge in [0.25, 0.3) is 0 Å². The van der Waals surface area contributed by atoms with Crippen LogP contribution in [-0.4, -0.2) is 34.5 Å². The van der Waals surface area contributed by atoms with Crippen molar-refractivity contribution >= 4 is 11.9 Å². The summed E-state index contributed by atoms with van der Waals surface area (Å²) in [5, 5.41) is 8.93. The molecule has 1 aliphatic heterocycles. The van der Waals surface area contributed by atoms with Crippen LogP contribution in [0.3, 0.4) is 0 Å². The first kappa shape index (κ1) is 11.4. The van der Waals surface area contributed by atoms with Crippen molar-refractivity contribution < 1.29 is 14.7 Å². The van der Waals surface area contributed by atoms with Gasteiger partial charge in [0, 0.05) is 19.0 Å². The maximum Gasteiger partial charge on any atom is 0.308 e. The Balaban J connectivity index is 2.06. The van der Waals surface area contributed by atoms with E-state index in [9.17, 15) is 9.59 Å². The van der Waals surface area contributed by atoms with Crippen LogP contribution in [0.25, 0.3) is 0 Å². The molecule has 1 saturated heterocycles. The summed E-state index contributed by atoms with van der Waals surface area (Å²) in [5.74, 6) is -0.165. The first-order chi connectivity index (χ1) is 7.50. The third kappa shape index (κ3) is 1.81. The number of carbonyl (C=O) groups excluding carboxylic acids is 1. The summed E-state index contributed by atoms with van der Waals surface area (Å²) in [4.78, 5) is 24.5. The average Bonchev–Trinajstić information content (AvgIpc) is 2.73. The highest BCUT2D eigenvalue weighted by Gasteiger charge is 2.42. The normalized spacial score (nSPS) is 39.4. The number of carboxylic acid groups (broad SMARTS) is 1. The number of likely N-dealkylation sites (tertiary alicyclic amines) is 1. The fourth-order valence-electron chi connectivity index (χ4n) is 3.00. The van der Waals surface area contributed by atoms with E-state index < -0.39 is 11.9 Å². The van der Waals surface area contributed by atoms with Crippen molar-refractivity contribution in [3.05, 3.63) is 0 Å². The molecule has 1 N–H and O–H groups in total. The SMILES string of the molecule is CC1CCC(N2CC(C(=O)O)CC2=O)C1C. The van der Waals surface area contributed by atoms with Crippen LogP contribution in [0.4, 0.5) is 0 Å². The number of carboxylic acids is 1. The summed E-state index contributed by atoms with van der Waals surface area (Å²) in [5.41, 5.74) is 0. The monoisotopic (exact) mass is 225 g/mol. The Hall–Kier alpha value is -1.06. The standard InChI is InChI=1S/C12H19NO3/c1-7-3-4-10(8(7)2)13-6-9(12(15)16)5-11(13)14/h7-10H,3-6H2,1-2H3,(H,15,16). The lowest BCUT2D eigenvalue weighted by molar-refractivity contribution is -0.141. The van der Waals surface area contributed by atoms with E-state index in [1.165, 1.54) is 0 Å². The van der Waals surface area contributed by atoms with Gasteiger partial charge in [-0.05, 0) is 24.7 Å². The third-order valence-electron chi connectivity index (χ3n) is 4.33. The maximum atomic E-state index is 11.8. The van der Waals surface area contributed by atoms with Gasteiger partial charge in [0.15, 0.2) is 0 Å². The Morgan fingerprint density at radius 3 is 2.50 bits per heavy atom. The van der Waals surface area contributed by atoms with E-state index in [4.69, 9.17) is 5.11 Å². The summed E-state index contributed by atoms with van der Waals surface area (Å²) in [6.07, 6.45) is 2.36. The van der Waals surface area contributed by atoms with Crippen LogP contribution in [0.5, 0.6) is 0 Å². The number of carbonyl (C=O) groups is 2. The predicted octanol–water partition coefficient (Wildman–Crippen LogP) is 1.35. The minimum Gasteiger partial charge on any atom is -0.481 e. The van der Waals surface area contributed by atoms with Gasteiger partial charge in [-0.1, -0.05) is 13.8 Å². The molecule has 0 aromatic carbocycles. The molecule has 90 valence electrons. The number of aliphatic carboxylic acids is 1. The van der Waals surface area contributed by atoms with Crippen LogP contribution in [0, 0.1) is 17.8 Å². The molecule has 4 nitrogen and oxygen atoms in total. The van der Waals surface area contributed by atoms with Gasteiger partial charge < -0.3 is 10.0 Å². The summed E-state index contributed by atoms with van der Waals surface area (Å²) in [6, 6.07) is 0.270. The van der Waals surface area contributed by atoms with Crippen LogP contribution < -0.4 is 0 Å². The molecule has 4 atom stereocenters. The van der Waals surface area contributed by atoms with Crippen molar-refractivity contribution in [1.29, 1.82) is 0 Å².